The van der Waals surface area contributed by atoms with Crippen LogP contribution in [0.25, 0.3) is 0 Å². The SMILES string of the molecule is O=C(Nc1cccc2c1OCC[C@H]2O)[C@H]1CCCC(F)(F)C1. The number of alkyl halides is 2. The van der Waals surface area contributed by atoms with Crippen LogP contribution in [0.15, 0.2) is 18.2 Å². The Balaban J connectivity index is 1.76. The maximum absolute atomic E-state index is 13.4. The van der Waals surface area contributed by atoms with E-state index < -0.39 is 30.3 Å². The van der Waals surface area contributed by atoms with Crippen molar-refractivity contribution in [2.75, 3.05) is 11.9 Å². The van der Waals surface area contributed by atoms with Crippen LogP contribution in [-0.2, 0) is 4.79 Å². The van der Waals surface area contributed by atoms with Crippen LogP contribution in [0, 0.1) is 5.92 Å². The molecule has 120 valence electrons. The van der Waals surface area contributed by atoms with E-state index in [1.54, 1.807) is 18.2 Å². The van der Waals surface area contributed by atoms with E-state index in [-0.39, 0.29) is 6.42 Å². The second-order valence-corrected chi connectivity index (χ2v) is 6.02. The molecule has 22 heavy (non-hydrogen) atoms. The van der Waals surface area contributed by atoms with Crippen molar-refractivity contribution in [1.29, 1.82) is 0 Å². The average molecular weight is 311 g/mol. The van der Waals surface area contributed by atoms with Crippen molar-refractivity contribution >= 4 is 11.6 Å². The van der Waals surface area contributed by atoms with Crippen molar-refractivity contribution in [2.45, 2.75) is 44.1 Å². The lowest BCUT2D eigenvalue weighted by Gasteiger charge is -2.29. The number of halogens is 2. The summed E-state index contributed by atoms with van der Waals surface area (Å²) in [6.45, 7) is 0.364. The molecule has 0 radical (unpaired) electrons. The smallest absolute Gasteiger partial charge is 0.248 e. The highest BCUT2D eigenvalue weighted by molar-refractivity contribution is 5.94. The Morgan fingerprint density at radius 2 is 2.18 bits per heavy atom. The highest BCUT2D eigenvalue weighted by Gasteiger charge is 2.39. The number of rotatable bonds is 2. The number of aliphatic hydroxyl groups is 1. The molecule has 0 aromatic heterocycles. The molecule has 2 atom stereocenters. The lowest BCUT2D eigenvalue weighted by molar-refractivity contribution is -0.127. The number of amides is 1. The van der Waals surface area contributed by atoms with Crippen LogP contribution in [0.2, 0.25) is 0 Å². The largest absolute Gasteiger partial charge is 0.491 e. The maximum atomic E-state index is 13.4. The van der Waals surface area contributed by atoms with E-state index in [9.17, 15) is 18.7 Å². The quantitative estimate of drug-likeness (QED) is 0.881. The molecule has 2 N–H and O–H groups in total. The lowest BCUT2D eigenvalue weighted by Crippen LogP contribution is -2.33. The third-order valence-electron chi connectivity index (χ3n) is 4.31. The van der Waals surface area contributed by atoms with Crippen molar-refractivity contribution < 1.29 is 23.4 Å². The molecule has 0 bridgehead atoms. The molecule has 1 aliphatic heterocycles. The summed E-state index contributed by atoms with van der Waals surface area (Å²) in [4.78, 5) is 12.3. The minimum atomic E-state index is -2.76. The highest BCUT2D eigenvalue weighted by Crippen LogP contribution is 2.40. The Hall–Kier alpha value is -1.69. The van der Waals surface area contributed by atoms with Crippen molar-refractivity contribution in [3.8, 4) is 5.75 Å². The highest BCUT2D eigenvalue weighted by atomic mass is 19.3. The van der Waals surface area contributed by atoms with Crippen LogP contribution >= 0.6 is 0 Å². The lowest BCUT2D eigenvalue weighted by atomic mass is 9.86. The summed E-state index contributed by atoms with van der Waals surface area (Å²) in [6, 6.07) is 5.11. The number of hydrogen-bond acceptors (Lipinski definition) is 3. The average Bonchev–Trinajstić information content (AvgIpc) is 2.47. The Kier molecular flexibility index (Phi) is 4.04. The van der Waals surface area contributed by atoms with Gasteiger partial charge in [-0.25, -0.2) is 8.78 Å². The van der Waals surface area contributed by atoms with Crippen molar-refractivity contribution in [2.24, 2.45) is 5.92 Å². The number of carbonyl (C=O) groups is 1. The van der Waals surface area contributed by atoms with E-state index in [4.69, 9.17) is 4.74 Å². The molecule has 1 amide bonds. The van der Waals surface area contributed by atoms with E-state index in [1.165, 1.54) is 0 Å². The van der Waals surface area contributed by atoms with Gasteiger partial charge in [-0.3, -0.25) is 4.79 Å². The third-order valence-corrected chi connectivity index (χ3v) is 4.31. The fourth-order valence-corrected chi connectivity index (χ4v) is 3.14. The number of ether oxygens (including phenoxy) is 1. The van der Waals surface area contributed by atoms with Gasteiger partial charge in [0.2, 0.25) is 11.8 Å². The van der Waals surface area contributed by atoms with Gasteiger partial charge in [-0.15, -0.1) is 0 Å². The first-order chi connectivity index (χ1) is 10.5. The fraction of sp³-hybridized carbons (Fsp3) is 0.562. The summed E-state index contributed by atoms with van der Waals surface area (Å²) in [6.07, 6.45) is 0.149. The van der Waals surface area contributed by atoms with Crippen LogP contribution in [0.4, 0.5) is 14.5 Å². The summed E-state index contributed by atoms with van der Waals surface area (Å²) in [7, 11) is 0. The molecule has 0 saturated heterocycles. The van der Waals surface area contributed by atoms with Crippen LogP contribution in [0.5, 0.6) is 5.75 Å². The number of para-hydroxylation sites is 1. The summed E-state index contributed by atoms with van der Waals surface area (Å²) in [5.74, 6) is -3.41. The molecule has 4 nitrogen and oxygen atoms in total. The van der Waals surface area contributed by atoms with Gasteiger partial charge in [-0.2, -0.15) is 0 Å². The third kappa shape index (κ3) is 3.06. The molecule has 2 aliphatic rings. The monoisotopic (exact) mass is 311 g/mol. The normalized spacial score (nSPS) is 26.7. The van der Waals surface area contributed by atoms with E-state index in [0.29, 0.717) is 42.9 Å². The van der Waals surface area contributed by atoms with E-state index in [0.717, 1.165) is 0 Å². The zero-order chi connectivity index (χ0) is 15.7. The zero-order valence-corrected chi connectivity index (χ0v) is 12.1. The minimum absolute atomic E-state index is 0.146. The number of fused-ring (bicyclic) bond motifs is 1. The molecule has 1 aliphatic carbocycles. The predicted octanol–water partition coefficient (Wildman–Crippen LogP) is 3.27. The van der Waals surface area contributed by atoms with Gasteiger partial charge < -0.3 is 15.2 Å². The van der Waals surface area contributed by atoms with Crippen molar-refractivity contribution in [1.82, 2.24) is 0 Å². The van der Waals surface area contributed by atoms with Gasteiger partial charge in [0.05, 0.1) is 18.4 Å². The van der Waals surface area contributed by atoms with E-state index >= 15 is 0 Å². The molecule has 3 rings (SSSR count). The Bertz CT molecular complexity index is 577. The van der Waals surface area contributed by atoms with Gasteiger partial charge in [0.25, 0.3) is 0 Å². The van der Waals surface area contributed by atoms with Crippen molar-refractivity contribution in [3.63, 3.8) is 0 Å². The van der Waals surface area contributed by atoms with Gasteiger partial charge >= 0.3 is 0 Å². The molecule has 1 aromatic carbocycles. The second-order valence-electron chi connectivity index (χ2n) is 6.02. The summed E-state index contributed by atoms with van der Waals surface area (Å²) in [5, 5.41) is 12.6. The van der Waals surface area contributed by atoms with Crippen molar-refractivity contribution in [3.05, 3.63) is 23.8 Å². The number of benzene rings is 1. The Morgan fingerprint density at radius 1 is 1.36 bits per heavy atom. The van der Waals surface area contributed by atoms with E-state index in [2.05, 4.69) is 5.32 Å². The summed E-state index contributed by atoms with van der Waals surface area (Å²) >= 11 is 0. The standard InChI is InChI=1S/C16H19F2NO3/c17-16(18)7-2-3-10(9-16)15(21)19-12-5-1-4-11-13(20)6-8-22-14(11)12/h1,4-5,10,13,20H,2-3,6-9H2,(H,19,21)/t10-,13+/m0/s1. The first-order valence-corrected chi connectivity index (χ1v) is 7.59. The number of hydrogen-bond donors (Lipinski definition) is 2. The summed E-state index contributed by atoms with van der Waals surface area (Å²) in [5.41, 5.74) is 1.06. The minimum Gasteiger partial charge on any atom is -0.491 e. The first-order valence-electron chi connectivity index (χ1n) is 7.59. The van der Waals surface area contributed by atoms with Gasteiger partial charge in [0.15, 0.2) is 0 Å². The molecule has 1 saturated carbocycles. The van der Waals surface area contributed by atoms with Gasteiger partial charge in [0, 0.05) is 30.7 Å². The molecule has 1 heterocycles. The van der Waals surface area contributed by atoms with Crippen LogP contribution < -0.4 is 10.1 Å². The molecule has 6 heteroatoms. The molecular formula is C16H19F2NO3. The van der Waals surface area contributed by atoms with E-state index in [1.807, 2.05) is 0 Å². The predicted molar refractivity (Wildman–Crippen MR) is 77.0 cm³/mol. The number of anilines is 1. The molecule has 1 fully saturated rings. The second kappa shape index (κ2) is 5.83. The van der Waals surface area contributed by atoms with Gasteiger partial charge in [-0.1, -0.05) is 12.1 Å². The summed E-state index contributed by atoms with van der Waals surface area (Å²) < 4.78 is 32.4. The van der Waals surface area contributed by atoms with Gasteiger partial charge in [0.1, 0.15) is 5.75 Å². The van der Waals surface area contributed by atoms with Crippen LogP contribution in [-0.4, -0.2) is 23.5 Å². The molecule has 0 unspecified atom stereocenters. The Morgan fingerprint density at radius 3 is 2.95 bits per heavy atom. The number of aliphatic hydroxyl groups excluding tert-OH is 1. The number of carbonyl (C=O) groups excluding carboxylic acids is 1. The maximum Gasteiger partial charge on any atom is 0.248 e. The molecule has 0 spiro atoms. The first kappa shape index (κ1) is 15.2. The molecule has 1 aromatic rings. The zero-order valence-electron chi connectivity index (χ0n) is 12.1. The van der Waals surface area contributed by atoms with Crippen LogP contribution in [0.1, 0.15) is 43.8 Å². The van der Waals surface area contributed by atoms with Crippen LogP contribution in [0.3, 0.4) is 0 Å². The Labute approximate surface area is 127 Å². The number of nitrogens with one attached hydrogen (secondary N) is 1. The van der Waals surface area contributed by atoms with Gasteiger partial charge in [-0.05, 0) is 18.9 Å². The molecular weight excluding hydrogens is 292 g/mol. The topological polar surface area (TPSA) is 58.6 Å². The fourth-order valence-electron chi connectivity index (χ4n) is 3.14.